The third kappa shape index (κ3) is 5.48. The van der Waals surface area contributed by atoms with Gasteiger partial charge in [0.05, 0.1) is 6.54 Å². The van der Waals surface area contributed by atoms with Crippen molar-refractivity contribution in [2.24, 2.45) is 0 Å². The molecule has 0 radical (unpaired) electrons. The van der Waals surface area contributed by atoms with E-state index in [4.69, 9.17) is 0 Å². The molecule has 18 heavy (non-hydrogen) atoms. The number of rotatable bonds is 5. The van der Waals surface area contributed by atoms with E-state index in [0.29, 0.717) is 12.3 Å². The quantitative estimate of drug-likeness (QED) is 0.753. The Kier molecular flexibility index (Phi) is 6.86. The molecule has 5 heteroatoms. The molecule has 0 N–H and O–H groups in total. The molecular formula is C13H26N2O2S. The summed E-state index contributed by atoms with van der Waals surface area (Å²) in [4.78, 5) is 16.2. The van der Waals surface area contributed by atoms with Crippen LogP contribution in [0.4, 0.5) is 0 Å². The summed E-state index contributed by atoms with van der Waals surface area (Å²) in [7, 11) is 1.13. The van der Waals surface area contributed by atoms with Crippen molar-refractivity contribution in [3.63, 3.8) is 0 Å². The predicted molar refractivity (Wildman–Crippen MR) is 76.1 cm³/mol. The van der Waals surface area contributed by atoms with E-state index in [1.165, 1.54) is 12.8 Å². The minimum atomic E-state index is -0.805. The van der Waals surface area contributed by atoms with E-state index in [-0.39, 0.29) is 11.9 Å². The average molecular weight is 274 g/mol. The molecule has 1 aliphatic heterocycles. The molecule has 1 fully saturated rings. The molecule has 0 saturated carbocycles. The number of hydrogen-bond acceptors (Lipinski definition) is 3. The molecule has 0 unspecified atom stereocenters. The zero-order valence-electron chi connectivity index (χ0n) is 11.9. The molecule has 1 amide bonds. The van der Waals surface area contributed by atoms with Crippen molar-refractivity contribution in [3.8, 4) is 0 Å². The maximum absolute atomic E-state index is 12.2. The Hall–Kier alpha value is -0.420. The minimum absolute atomic E-state index is 0.187. The lowest BCUT2D eigenvalue weighted by Gasteiger charge is -2.27. The second kappa shape index (κ2) is 7.89. The van der Waals surface area contributed by atoms with Crippen LogP contribution in [0.25, 0.3) is 0 Å². The average Bonchev–Trinajstić information content (AvgIpc) is 2.56. The maximum Gasteiger partial charge on any atom is 0.236 e. The highest BCUT2D eigenvalue weighted by molar-refractivity contribution is 7.84. The smallest absolute Gasteiger partial charge is 0.236 e. The van der Waals surface area contributed by atoms with Crippen LogP contribution in [-0.4, -0.2) is 64.6 Å². The zero-order valence-corrected chi connectivity index (χ0v) is 12.7. The van der Waals surface area contributed by atoms with Crippen LogP contribution < -0.4 is 0 Å². The summed E-state index contributed by atoms with van der Waals surface area (Å²) in [6.07, 6.45) is 6.45. The standard InChI is InChI=1S/C13H26N2O2S/c1-12(11-18(3)17)14(2)10-13(16)15-8-6-4-5-7-9-15/h12H,4-11H2,1-3H3/t12-,18-/m0/s1. The van der Waals surface area contributed by atoms with Gasteiger partial charge in [0.25, 0.3) is 0 Å². The van der Waals surface area contributed by atoms with E-state index < -0.39 is 10.8 Å². The molecule has 1 heterocycles. The van der Waals surface area contributed by atoms with Crippen LogP contribution in [0.15, 0.2) is 0 Å². The fourth-order valence-corrected chi connectivity index (χ4v) is 3.19. The van der Waals surface area contributed by atoms with Crippen molar-refractivity contribution in [2.45, 2.75) is 38.6 Å². The molecule has 2 atom stereocenters. The molecule has 106 valence electrons. The molecule has 0 bridgehead atoms. The Morgan fingerprint density at radius 3 is 2.33 bits per heavy atom. The topological polar surface area (TPSA) is 40.6 Å². The van der Waals surface area contributed by atoms with Gasteiger partial charge in [0.2, 0.25) is 5.91 Å². The highest BCUT2D eigenvalue weighted by Gasteiger charge is 2.19. The van der Waals surface area contributed by atoms with Crippen LogP contribution in [0, 0.1) is 0 Å². The zero-order chi connectivity index (χ0) is 13.5. The van der Waals surface area contributed by atoms with Gasteiger partial charge < -0.3 is 4.90 Å². The summed E-state index contributed by atoms with van der Waals surface area (Å²) < 4.78 is 11.2. The Bertz CT molecular complexity index is 289. The summed E-state index contributed by atoms with van der Waals surface area (Å²) in [5.41, 5.74) is 0. The minimum Gasteiger partial charge on any atom is -0.342 e. The van der Waals surface area contributed by atoms with Gasteiger partial charge in [-0.3, -0.25) is 13.9 Å². The maximum atomic E-state index is 12.2. The summed E-state index contributed by atoms with van der Waals surface area (Å²) >= 11 is 0. The molecule has 0 aromatic heterocycles. The van der Waals surface area contributed by atoms with Gasteiger partial charge in [-0.25, -0.2) is 0 Å². The van der Waals surface area contributed by atoms with Crippen LogP contribution >= 0.6 is 0 Å². The molecule has 0 aromatic carbocycles. The number of likely N-dealkylation sites (tertiary alicyclic amines) is 1. The van der Waals surface area contributed by atoms with Gasteiger partial charge in [0.1, 0.15) is 0 Å². The summed E-state index contributed by atoms with van der Waals surface area (Å²) in [5.74, 6) is 0.845. The number of likely N-dealkylation sites (N-methyl/N-ethyl adjacent to an activating group) is 1. The highest BCUT2D eigenvalue weighted by Crippen LogP contribution is 2.10. The first-order chi connectivity index (χ1) is 8.50. The van der Waals surface area contributed by atoms with Gasteiger partial charge in [0, 0.05) is 41.9 Å². The fourth-order valence-electron chi connectivity index (χ4n) is 2.26. The van der Waals surface area contributed by atoms with Crippen molar-refractivity contribution >= 4 is 16.7 Å². The highest BCUT2D eigenvalue weighted by atomic mass is 32.2. The molecule has 1 saturated heterocycles. The molecule has 0 aromatic rings. The van der Waals surface area contributed by atoms with Crippen molar-refractivity contribution in [1.82, 2.24) is 9.80 Å². The number of amides is 1. The first kappa shape index (κ1) is 15.6. The van der Waals surface area contributed by atoms with Gasteiger partial charge in [-0.1, -0.05) is 12.8 Å². The monoisotopic (exact) mass is 274 g/mol. The molecule has 1 rings (SSSR count). The Balaban J connectivity index is 2.39. The van der Waals surface area contributed by atoms with Gasteiger partial charge >= 0.3 is 0 Å². The van der Waals surface area contributed by atoms with Crippen LogP contribution in [-0.2, 0) is 15.6 Å². The predicted octanol–water partition coefficient (Wildman–Crippen LogP) is 1.09. The molecule has 1 aliphatic rings. The first-order valence-corrected chi connectivity index (χ1v) is 8.51. The molecule has 0 aliphatic carbocycles. The van der Waals surface area contributed by atoms with E-state index in [0.717, 1.165) is 25.9 Å². The van der Waals surface area contributed by atoms with Gasteiger partial charge in [-0.15, -0.1) is 0 Å². The van der Waals surface area contributed by atoms with Crippen LogP contribution in [0.2, 0.25) is 0 Å². The first-order valence-electron chi connectivity index (χ1n) is 6.78. The second-order valence-electron chi connectivity index (χ2n) is 5.30. The van der Waals surface area contributed by atoms with Crippen molar-refractivity contribution in [2.75, 3.05) is 38.7 Å². The summed E-state index contributed by atoms with van der Waals surface area (Å²) in [5, 5.41) is 0. The van der Waals surface area contributed by atoms with Crippen molar-refractivity contribution in [1.29, 1.82) is 0 Å². The molecule has 0 spiro atoms. The van der Waals surface area contributed by atoms with Gasteiger partial charge in [0.15, 0.2) is 0 Å². The van der Waals surface area contributed by atoms with Crippen LogP contribution in [0.5, 0.6) is 0 Å². The van der Waals surface area contributed by atoms with Gasteiger partial charge in [-0.05, 0) is 26.8 Å². The van der Waals surface area contributed by atoms with E-state index in [1.54, 1.807) is 6.26 Å². The Labute approximate surface area is 113 Å². The molecule has 4 nitrogen and oxygen atoms in total. The van der Waals surface area contributed by atoms with E-state index in [9.17, 15) is 9.00 Å². The number of carbonyl (C=O) groups excluding carboxylic acids is 1. The third-order valence-electron chi connectivity index (χ3n) is 3.57. The Morgan fingerprint density at radius 2 is 1.83 bits per heavy atom. The number of carbonyl (C=O) groups is 1. The lowest BCUT2D eigenvalue weighted by atomic mass is 10.2. The SMILES string of the molecule is C[C@@H](C[S@](C)=O)N(C)CC(=O)N1CCCCCC1. The van der Waals surface area contributed by atoms with Crippen molar-refractivity contribution in [3.05, 3.63) is 0 Å². The normalized spacial score (nSPS) is 20.6. The lowest BCUT2D eigenvalue weighted by molar-refractivity contribution is -0.132. The largest absolute Gasteiger partial charge is 0.342 e. The summed E-state index contributed by atoms with van der Waals surface area (Å²) in [6.45, 7) is 4.27. The van der Waals surface area contributed by atoms with Gasteiger partial charge in [-0.2, -0.15) is 0 Å². The van der Waals surface area contributed by atoms with Crippen LogP contribution in [0.1, 0.15) is 32.6 Å². The van der Waals surface area contributed by atoms with E-state index >= 15 is 0 Å². The Morgan fingerprint density at radius 1 is 1.28 bits per heavy atom. The number of hydrogen-bond donors (Lipinski definition) is 0. The van der Waals surface area contributed by atoms with E-state index in [1.807, 2.05) is 23.8 Å². The second-order valence-corrected chi connectivity index (χ2v) is 6.78. The van der Waals surface area contributed by atoms with E-state index in [2.05, 4.69) is 0 Å². The molecular weight excluding hydrogens is 248 g/mol. The summed E-state index contributed by atoms with van der Waals surface area (Å²) in [6, 6.07) is 0.187. The fraction of sp³-hybridized carbons (Fsp3) is 0.923. The lowest BCUT2D eigenvalue weighted by Crippen LogP contribution is -2.43. The third-order valence-corrected chi connectivity index (χ3v) is 4.52. The van der Waals surface area contributed by atoms with Crippen molar-refractivity contribution < 1.29 is 9.00 Å². The van der Waals surface area contributed by atoms with Crippen LogP contribution in [0.3, 0.4) is 0 Å². The number of nitrogens with zero attached hydrogens (tertiary/aromatic N) is 2.